The molecule has 1 heterocycles. The summed E-state index contributed by atoms with van der Waals surface area (Å²) < 4.78 is 5.38. The van der Waals surface area contributed by atoms with Gasteiger partial charge in [0.1, 0.15) is 0 Å². The minimum absolute atomic E-state index is 0.475. The standard InChI is InChI=1S/C14H24N2OS/c1-3-16(10-14-5-4-8-18-14)13(11-17-2)9-15-12-6-7-12/h4-5,8,12-13,15H,3,6-7,9-11H2,1-2H3. The second-order valence-electron chi connectivity index (χ2n) is 4.93. The number of thiophene rings is 1. The van der Waals surface area contributed by atoms with Gasteiger partial charge in [-0.25, -0.2) is 0 Å². The number of ether oxygens (including phenoxy) is 1. The second kappa shape index (κ2) is 7.24. The van der Waals surface area contributed by atoms with E-state index < -0.39 is 0 Å². The number of rotatable bonds is 9. The zero-order valence-corrected chi connectivity index (χ0v) is 12.2. The highest BCUT2D eigenvalue weighted by molar-refractivity contribution is 7.09. The fourth-order valence-electron chi connectivity index (χ4n) is 2.18. The minimum Gasteiger partial charge on any atom is -0.383 e. The van der Waals surface area contributed by atoms with E-state index in [4.69, 9.17) is 4.74 Å². The zero-order valence-electron chi connectivity index (χ0n) is 11.4. The number of likely N-dealkylation sites (N-methyl/N-ethyl adjacent to an activating group) is 1. The molecule has 18 heavy (non-hydrogen) atoms. The predicted molar refractivity (Wildman–Crippen MR) is 77.1 cm³/mol. The highest BCUT2D eigenvalue weighted by Crippen LogP contribution is 2.19. The molecule has 1 aliphatic carbocycles. The van der Waals surface area contributed by atoms with Crippen molar-refractivity contribution in [1.29, 1.82) is 0 Å². The normalized spacial score (nSPS) is 17.3. The van der Waals surface area contributed by atoms with Gasteiger partial charge in [-0.05, 0) is 30.8 Å². The van der Waals surface area contributed by atoms with Gasteiger partial charge in [0.15, 0.2) is 0 Å². The van der Waals surface area contributed by atoms with Crippen molar-refractivity contribution < 1.29 is 4.74 Å². The predicted octanol–water partition coefficient (Wildman–Crippen LogP) is 2.34. The van der Waals surface area contributed by atoms with Crippen molar-refractivity contribution in [3.05, 3.63) is 22.4 Å². The molecule has 4 heteroatoms. The van der Waals surface area contributed by atoms with Crippen molar-refractivity contribution in [1.82, 2.24) is 10.2 Å². The molecule has 0 saturated heterocycles. The topological polar surface area (TPSA) is 24.5 Å². The lowest BCUT2D eigenvalue weighted by atomic mass is 10.2. The summed E-state index contributed by atoms with van der Waals surface area (Å²) in [4.78, 5) is 3.94. The first-order valence-electron chi connectivity index (χ1n) is 6.82. The van der Waals surface area contributed by atoms with Gasteiger partial charge in [-0.2, -0.15) is 0 Å². The molecule has 1 atom stereocenters. The average molecular weight is 268 g/mol. The van der Waals surface area contributed by atoms with E-state index in [0.29, 0.717) is 6.04 Å². The molecule has 1 aromatic heterocycles. The molecule has 1 aromatic rings. The van der Waals surface area contributed by atoms with Gasteiger partial charge in [0.05, 0.1) is 6.61 Å². The molecule has 0 radical (unpaired) electrons. The molecule has 0 spiro atoms. The van der Waals surface area contributed by atoms with Crippen LogP contribution in [0.2, 0.25) is 0 Å². The molecule has 1 saturated carbocycles. The Hall–Kier alpha value is -0.420. The van der Waals surface area contributed by atoms with Crippen LogP contribution < -0.4 is 5.32 Å². The van der Waals surface area contributed by atoms with E-state index in [1.165, 1.54) is 17.7 Å². The van der Waals surface area contributed by atoms with Crippen molar-refractivity contribution >= 4 is 11.3 Å². The third-order valence-corrected chi connectivity index (χ3v) is 4.30. The van der Waals surface area contributed by atoms with Crippen molar-refractivity contribution in [2.45, 2.75) is 38.4 Å². The van der Waals surface area contributed by atoms with E-state index in [2.05, 4.69) is 34.7 Å². The number of nitrogens with zero attached hydrogens (tertiary/aromatic N) is 1. The Bertz CT molecular complexity index is 325. The molecule has 1 N–H and O–H groups in total. The third kappa shape index (κ3) is 4.35. The van der Waals surface area contributed by atoms with E-state index in [-0.39, 0.29) is 0 Å². The lowest BCUT2D eigenvalue weighted by Gasteiger charge is -2.30. The van der Waals surface area contributed by atoms with Crippen LogP contribution in [-0.2, 0) is 11.3 Å². The summed E-state index contributed by atoms with van der Waals surface area (Å²) in [6.07, 6.45) is 2.69. The van der Waals surface area contributed by atoms with Crippen LogP contribution in [0.4, 0.5) is 0 Å². The van der Waals surface area contributed by atoms with Crippen LogP contribution in [-0.4, -0.2) is 43.8 Å². The lowest BCUT2D eigenvalue weighted by Crippen LogP contribution is -2.45. The Morgan fingerprint density at radius 3 is 2.94 bits per heavy atom. The van der Waals surface area contributed by atoms with Gasteiger partial charge in [-0.15, -0.1) is 11.3 Å². The maximum atomic E-state index is 5.38. The van der Waals surface area contributed by atoms with Crippen molar-refractivity contribution in [2.75, 3.05) is 26.8 Å². The van der Waals surface area contributed by atoms with Gasteiger partial charge in [0.2, 0.25) is 0 Å². The van der Waals surface area contributed by atoms with Crippen LogP contribution in [0.5, 0.6) is 0 Å². The summed E-state index contributed by atoms with van der Waals surface area (Å²) in [5.41, 5.74) is 0. The van der Waals surface area contributed by atoms with Crippen LogP contribution in [0.3, 0.4) is 0 Å². The van der Waals surface area contributed by atoms with Gasteiger partial charge in [-0.3, -0.25) is 4.90 Å². The van der Waals surface area contributed by atoms with Crippen LogP contribution in [0.25, 0.3) is 0 Å². The third-order valence-electron chi connectivity index (χ3n) is 3.44. The number of methoxy groups -OCH3 is 1. The Labute approximate surface area is 114 Å². The first-order valence-corrected chi connectivity index (χ1v) is 7.70. The highest BCUT2D eigenvalue weighted by Gasteiger charge is 2.24. The summed E-state index contributed by atoms with van der Waals surface area (Å²) in [5, 5.41) is 5.77. The van der Waals surface area contributed by atoms with Crippen LogP contribution >= 0.6 is 11.3 Å². The molecule has 3 nitrogen and oxygen atoms in total. The molecular formula is C14H24N2OS. The lowest BCUT2D eigenvalue weighted by molar-refractivity contribution is 0.0882. The largest absolute Gasteiger partial charge is 0.383 e. The van der Waals surface area contributed by atoms with Crippen LogP contribution in [0.15, 0.2) is 17.5 Å². The summed E-state index contributed by atoms with van der Waals surface area (Å²) in [6, 6.07) is 5.58. The monoisotopic (exact) mass is 268 g/mol. The van der Waals surface area contributed by atoms with E-state index in [1.807, 2.05) is 11.3 Å². The van der Waals surface area contributed by atoms with Gasteiger partial charge < -0.3 is 10.1 Å². The van der Waals surface area contributed by atoms with E-state index >= 15 is 0 Å². The van der Waals surface area contributed by atoms with Crippen molar-refractivity contribution in [2.24, 2.45) is 0 Å². The minimum atomic E-state index is 0.475. The Morgan fingerprint density at radius 2 is 2.39 bits per heavy atom. The molecule has 0 aliphatic heterocycles. The Morgan fingerprint density at radius 1 is 1.56 bits per heavy atom. The molecule has 2 rings (SSSR count). The molecule has 0 bridgehead atoms. The number of hydrogen-bond acceptors (Lipinski definition) is 4. The fraction of sp³-hybridized carbons (Fsp3) is 0.714. The maximum absolute atomic E-state index is 5.38. The molecule has 0 amide bonds. The Kier molecular flexibility index (Phi) is 5.63. The summed E-state index contributed by atoms with van der Waals surface area (Å²) >= 11 is 1.84. The van der Waals surface area contributed by atoms with Crippen LogP contribution in [0.1, 0.15) is 24.6 Å². The maximum Gasteiger partial charge on any atom is 0.0630 e. The molecule has 1 unspecified atom stereocenters. The first-order chi connectivity index (χ1) is 8.83. The van der Waals surface area contributed by atoms with E-state index in [9.17, 15) is 0 Å². The Balaban J connectivity index is 1.87. The van der Waals surface area contributed by atoms with E-state index in [1.54, 1.807) is 7.11 Å². The smallest absolute Gasteiger partial charge is 0.0630 e. The van der Waals surface area contributed by atoms with Gasteiger partial charge >= 0.3 is 0 Å². The fourth-order valence-corrected chi connectivity index (χ4v) is 2.91. The van der Waals surface area contributed by atoms with Gasteiger partial charge in [0.25, 0.3) is 0 Å². The quantitative estimate of drug-likeness (QED) is 0.744. The SMILES string of the molecule is CCN(Cc1cccs1)C(CNC1CC1)COC. The summed E-state index contributed by atoms with van der Waals surface area (Å²) in [5.74, 6) is 0. The molecule has 0 aromatic carbocycles. The van der Waals surface area contributed by atoms with Crippen LogP contribution in [0, 0.1) is 0 Å². The van der Waals surface area contributed by atoms with Crippen molar-refractivity contribution in [3.8, 4) is 0 Å². The number of hydrogen-bond donors (Lipinski definition) is 1. The molecule has 1 fully saturated rings. The summed E-state index contributed by atoms with van der Waals surface area (Å²) in [6.45, 7) is 6.18. The second-order valence-corrected chi connectivity index (χ2v) is 5.97. The van der Waals surface area contributed by atoms with Crippen molar-refractivity contribution in [3.63, 3.8) is 0 Å². The van der Waals surface area contributed by atoms with Gasteiger partial charge in [-0.1, -0.05) is 13.0 Å². The molecule has 102 valence electrons. The number of nitrogens with one attached hydrogen (secondary N) is 1. The highest BCUT2D eigenvalue weighted by atomic mass is 32.1. The average Bonchev–Trinajstić information content (AvgIpc) is 3.07. The summed E-state index contributed by atoms with van der Waals surface area (Å²) in [7, 11) is 1.79. The van der Waals surface area contributed by atoms with E-state index in [0.717, 1.165) is 32.3 Å². The molecular weight excluding hydrogens is 244 g/mol. The molecule has 1 aliphatic rings. The first kappa shape index (κ1) is 14.0. The van der Waals surface area contributed by atoms with Gasteiger partial charge in [0, 0.05) is 37.2 Å². The zero-order chi connectivity index (χ0) is 12.8.